The lowest BCUT2D eigenvalue weighted by Gasteiger charge is -2.11. The van der Waals surface area contributed by atoms with Crippen LogP contribution in [0.5, 0.6) is 0 Å². The van der Waals surface area contributed by atoms with Crippen LogP contribution in [0.1, 0.15) is 5.69 Å². The molecule has 5 aromatic rings. The molecule has 2 N–H and O–H groups in total. The molecule has 1 aromatic heterocycles. The van der Waals surface area contributed by atoms with Crippen LogP contribution in [0, 0.1) is 0 Å². The number of fused-ring (bicyclic) bond motifs is 2. The SMILES string of the molecule is c1ccc(Sc2c(CNc3cccc4ccccc34)[nH]c3ccccc23)cc1. The molecule has 136 valence electrons. The number of H-pyrrole nitrogens is 1. The highest BCUT2D eigenvalue weighted by atomic mass is 32.2. The summed E-state index contributed by atoms with van der Waals surface area (Å²) in [7, 11) is 0. The molecule has 3 heteroatoms. The lowest BCUT2D eigenvalue weighted by molar-refractivity contribution is 1.05. The molecule has 4 aromatic carbocycles. The molecule has 0 atom stereocenters. The van der Waals surface area contributed by atoms with Crippen LogP contribution in [-0.4, -0.2) is 4.98 Å². The Kier molecular flexibility index (Phi) is 4.51. The van der Waals surface area contributed by atoms with E-state index in [2.05, 4.69) is 107 Å². The smallest absolute Gasteiger partial charge is 0.0563 e. The van der Waals surface area contributed by atoms with Crippen molar-refractivity contribution in [3.05, 3.63) is 103 Å². The molecule has 0 fully saturated rings. The third kappa shape index (κ3) is 3.25. The molecule has 28 heavy (non-hydrogen) atoms. The van der Waals surface area contributed by atoms with E-state index in [4.69, 9.17) is 0 Å². The molecule has 0 amide bonds. The van der Waals surface area contributed by atoms with Gasteiger partial charge >= 0.3 is 0 Å². The highest BCUT2D eigenvalue weighted by molar-refractivity contribution is 7.99. The van der Waals surface area contributed by atoms with E-state index in [-0.39, 0.29) is 0 Å². The van der Waals surface area contributed by atoms with Crippen molar-refractivity contribution in [2.24, 2.45) is 0 Å². The Labute approximate surface area is 168 Å². The van der Waals surface area contributed by atoms with Crippen LogP contribution in [0.15, 0.2) is 107 Å². The molecule has 0 aliphatic rings. The fraction of sp³-hybridized carbons (Fsp3) is 0.0400. The Bertz CT molecular complexity index is 1240. The third-order valence-corrected chi connectivity index (χ3v) is 6.12. The maximum atomic E-state index is 3.65. The van der Waals surface area contributed by atoms with E-state index in [1.807, 2.05) is 11.8 Å². The van der Waals surface area contributed by atoms with Gasteiger partial charge < -0.3 is 10.3 Å². The average molecular weight is 381 g/mol. The van der Waals surface area contributed by atoms with Gasteiger partial charge in [0.2, 0.25) is 0 Å². The highest BCUT2D eigenvalue weighted by Gasteiger charge is 2.13. The van der Waals surface area contributed by atoms with Gasteiger partial charge in [0, 0.05) is 37.5 Å². The van der Waals surface area contributed by atoms with E-state index < -0.39 is 0 Å². The Morgan fingerprint density at radius 1 is 0.679 bits per heavy atom. The van der Waals surface area contributed by atoms with Crippen molar-refractivity contribution >= 4 is 39.1 Å². The molecule has 0 spiro atoms. The highest BCUT2D eigenvalue weighted by Crippen LogP contribution is 2.37. The maximum absolute atomic E-state index is 3.65. The summed E-state index contributed by atoms with van der Waals surface area (Å²) in [5.74, 6) is 0. The number of benzene rings is 4. The molecule has 0 radical (unpaired) electrons. The summed E-state index contributed by atoms with van der Waals surface area (Å²) < 4.78 is 0. The lowest BCUT2D eigenvalue weighted by atomic mass is 10.1. The number of aromatic amines is 1. The minimum Gasteiger partial charge on any atom is -0.379 e. The summed E-state index contributed by atoms with van der Waals surface area (Å²) >= 11 is 1.82. The molecule has 0 bridgehead atoms. The van der Waals surface area contributed by atoms with Crippen LogP contribution in [-0.2, 0) is 6.54 Å². The van der Waals surface area contributed by atoms with Crippen molar-refractivity contribution in [2.45, 2.75) is 16.3 Å². The molecule has 5 rings (SSSR count). The summed E-state index contributed by atoms with van der Waals surface area (Å²) in [6.45, 7) is 0.748. The van der Waals surface area contributed by atoms with Crippen LogP contribution in [0.25, 0.3) is 21.7 Å². The Morgan fingerprint density at radius 3 is 2.29 bits per heavy atom. The summed E-state index contributed by atoms with van der Waals surface area (Å²) in [6, 6.07) is 34.0. The predicted octanol–water partition coefficient (Wildman–Crippen LogP) is 7.08. The van der Waals surface area contributed by atoms with E-state index in [0.717, 1.165) is 12.2 Å². The molecule has 0 aliphatic carbocycles. The normalized spacial score (nSPS) is 11.1. The zero-order valence-corrected chi connectivity index (χ0v) is 16.2. The Morgan fingerprint density at radius 2 is 1.39 bits per heavy atom. The van der Waals surface area contributed by atoms with E-state index in [1.54, 1.807) is 0 Å². The molecular weight excluding hydrogens is 360 g/mol. The molecular formula is C25H20N2S. The first-order chi connectivity index (χ1) is 13.9. The second kappa shape index (κ2) is 7.45. The molecule has 2 nitrogen and oxygen atoms in total. The number of rotatable bonds is 5. The van der Waals surface area contributed by atoms with Gasteiger partial charge in [-0.05, 0) is 29.7 Å². The molecule has 0 unspecified atom stereocenters. The quantitative estimate of drug-likeness (QED) is 0.341. The number of aromatic nitrogens is 1. The minimum atomic E-state index is 0.748. The van der Waals surface area contributed by atoms with Crippen molar-refractivity contribution in [3.8, 4) is 0 Å². The first-order valence-electron chi connectivity index (χ1n) is 9.42. The molecule has 1 heterocycles. The van der Waals surface area contributed by atoms with Crippen molar-refractivity contribution in [1.82, 2.24) is 4.98 Å². The number of hydrogen-bond acceptors (Lipinski definition) is 2. The maximum Gasteiger partial charge on any atom is 0.0563 e. The third-order valence-electron chi connectivity index (χ3n) is 4.94. The van der Waals surface area contributed by atoms with Gasteiger partial charge in [0.25, 0.3) is 0 Å². The standard InChI is InChI=1S/C25H20N2S/c1-2-11-19(12-3-1)28-25-21-14-6-7-15-23(21)27-24(25)17-26-22-16-8-10-18-9-4-5-13-20(18)22/h1-16,26-27H,17H2. The van der Waals surface area contributed by atoms with E-state index in [0.29, 0.717) is 0 Å². The first-order valence-corrected chi connectivity index (χ1v) is 10.2. The molecule has 0 saturated carbocycles. The largest absolute Gasteiger partial charge is 0.379 e. The van der Waals surface area contributed by atoms with Crippen molar-refractivity contribution in [3.63, 3.8) is 0 Å². The number of nitrogens with one attached hydrogen (secondary N) is 2. The number of hydrogen-bond donors (Lipinski definition) is 2. The van der Waals surface area contributed by atoms with Crippen LogP contribution >= 0.6 is 11.8 Å². The predicted molar refractivity (Wildman–Crippen MR) is 120 cm³/mol. The minimum absolute atomic E-state index is 0.748. The topological polar surface area (TPSA) is 27.8 Å². The van der Waals surface area contributed by atoms with Crippen molar-refractivity contribution < 1.29 is 0 Å². The lowest BCUT2D eigenvalue weighted by Crippen LogP contribution is -2.01. The van der Waals surface area contributed by atoms with Gasteiger partial charge in [0.15, 0.2) is 0 Å². The second-order valence-corrected chi connectivity index (χ2v) is 7.86. The molecule has 0 saturated heterocycles. The summed E-state index contributed by atoms with van der Waals surface area (Å²) in [5.41, 5.74) is 3.55. The van der Waals surface area contributed by atoms with E-state index >= 15 is 0 Å². The monoisotopic (exact) mass is 380 g/mol. The summed E-state index contributed by atoms with van der Waals surface area (Å²) in [6.07, 6.45) is 0. The van der Waals surface area contributed by atoms with Crippen LogP contribution in [0.2, 0.25) is 0 Å². The van der Waals surface area contributed by atoms with Crippen molar-refractivity contribution in [2.75, 3.05) is 5.32 Å². The van der Waals surface area contributed by atoms with Gasteiger partial charge in [0.05, 0.1) is 6.54 Å². The zero-order valence-electron chi connectivity index (χ0n) is 15.4. The van der Waals surface area contributed by atoms with Crippen LogP contribution in [0.3, 0.4) is 0 Å². The first kappa shape index (κ1) is 17.0. The van der Waals surface area contributed by atoms with E-state index in [9.17, 15) is 0 Å². The van der Waals surface area contributed by atoms with Gasteiger partial charge in [-0.2, -0.15) is 0 Å². The van der Waals surface area contributed by atoms with Gasteiger partial charge in [-0.25, -0.2) is 0 Å². The van der Waals surface area contributed by atoms with Gasteiger partial charge in [-0.15, -0.1) is 0 Å². The van der Waals surface area contributed by atoms with Crippen molar-refractivity contribution in [1.29, 1.82) is 0 Å². The summed E-state index contributed by atoms with van der Waals surface area (Å²) in [5, 5.41) is 7.42. The second-order valence-electron chi connectivity index (χ2n) is 6.77. The summed E-state index contributed by atoms with van der Waals surface area (Å²) in [4.78, 5) is 6.15. The van der Waals surface area contributed by atoms with E-state index in [1.165, 1.54) is 37.2 Å². The molecule has 0 aliphatic heterocycles. The number of para-hydroxylation sites is 1. The van der Waals surface area contributed by atoms with Gasteiger partial charge in [-0.3, -0.25) is 0 Å². The van der Waals surface area contributed by atoms with Gasteiger partial charge in [0.1, 0.15) is 0 Å². The van der Waals surface area contributed by atoms with Gasteiger partial charge in [-0.1, -0.05) is 84.6 Å². The fourth-order valence-electron chi connectivity index (χ4n) is 3.58. The zero-order chi connectivity index (χ0) is 18.8. The van der Waals surface area contributed by atoms with Crippen LogP contribution in [0.4, 0.5) is 5.69 Å². The Hall–Kier alpha value is -3.17. The van der Waals surface area contributed by atoms with Crippen LogP contribution < -0.4 is 5.32 Å². The number of anilines is 1. The fourth-order valence-corrected chi connectivity index (χ4v) is 4.65. The average Bonchev–Trinajstić information content (AvgIpc) is 3.10. The Balaban J connectivity index is 1.51.